The Morgan fingerprint density at radius 1 is 1.21 bits per heavy atom. The minimum Gasteiger partial charge on any atom is -0.444 e. The Bertz CT molecular complexity index is 1050. The monoisotopic (exact) mass is 391 g/mol. The van der Waals surface area contributed by atoms with E-state index >= 15 is 0 Å². The summed E-state index contributed by atoms with van der Waals surface area (Å²) in [6, 6.07) is 12.0. The van der Waals surface area contributed by atoms with E-state index < -0.39 is 5.60 Å². The number of benzene rings is 1. The van der Waals surface area contributed by atoms with Crippen molar-refractivity contribution in [3.63, 3.8) is 0 Å². The van der Waals surface area contributed by atoms with Crippen molar-refractivity contribution in [3.8, 4) is 0 Å². The van der Waals surface area contributed by atoms with Crippen LogP contribution in [0.15, 0.2) is 48.8 Å². The van der Waals surface area contributed by atoms with Gasteiger partial charge in [0, 0.05) is 24.5 Å². The predicted octanol–water partition coefficient (Wildman–Crippen LogP) is 4.73. The van der Waals surface area contributed by atoms with Gasteiger partial charge in [0.05, 0.1) is 5.39 Å². The summed E-state index contributed by atoms with van der Waals surface area (Å²) in [5.41, 5.74) is 3.43. The van der Waals surface area contributed by atoms with Crippen LogP contribution in [-0.2, 0) is 4.74 Å². The number of fused-ring (bicyclic) bond motifs is 1. The quantitative estimate of drug-likeness (QED) is 0.675. The molecule has 1 aliphatic rings. The van der Waals surface area contributed by atoms with Gasteiger partial charge in [-0.1, -0.05) is 24.3 Å². The van der Waals surface area contributed by atoms with E-state index in [1.165, 1.54) is 0 Å². The molecule has 0 fully saturated rings. The zero-order chi connectivity index (χ0) is 20.4. The third kappa shape index (κ3) is 4.39. The summed E-state index contributed by atoms with van der Waals surface area (Å²) in [4.78, 5) is 26.1. The van der Waals surface area contributed by atoms with Gasteiger partial charge >= 0.3 is 6.09 Å². The molecule has 3 heterocycles. The molecule has 0 saturated carbocycles. The van der Waals surface area contributed by atoms with E-state index in [4.69, 9.17) is 4.74 Å². The van der Waals surface area contributed by atoms with Gasteiger partial charge in [0.1, 0.15) is 23.4 Å². The molecule has 0 radical (unpaired) electrons. The topological polar surface area (TPSA) is 83.1 Å². The molecule has 0 bridgehead atoms. The summed E-state index contributed by atoms with van der Waals surface area (Å²) in [7, 11) is 0. The first-order valence-corrected chi connectivity index (χ1v) is 9.72. The molecule has 0 unspecified atom stereocenters. The predicted molar refractivity (Wildman–Crippen MR) is 114 cm³/mol. The second kappa shape index (κ2) is 7.58. The van der Waals surface area contributed by atoms with Crippen molar-refractivity contribution < 1.29 is 9.53 Å². The van der Waals surface area contributed by atoms with Crippen LogP contribution in [0.3, 0.4) is 0 Å². The second-order valence-corrected chi connectivity index (χ2v) is 8.06. The number of anilines is 2. The highest BCUT2D eigenvalue weighted by atomic mass is 16.6. The number of para-hydroxylation sites is 1. The summed E-state index contributed by atoms with van der Waals surface area (Å²) in [5, 5.41) is 4.28. The summed E-state index contributed by atoms with van der Waals surface area (Å²) in [6.45, 7) is 6.78. The van der Waals surface area contributed by atoms with Crippen LogP contribution in [0.1, 0.15) is 32.9 Å². The number of nitrogens with zero attached hydrogens (tertiary/aromatic N) is 3. The van der Waals surface area contributed by atoms with Crippen molar-refractivity contribution in [2.75, 3.05) is 18.4 Å². The van der Waals surface area contributed by atoms with Crippen molar-refractivity contribution in [1.29, 1.82) is 0 Å². The maximum atomic E-state index is 12.3. The fourth-order valence-electron chi connectivity index (χ4n) is 3.28. The first kappa shape index (κ1) is 19.0. The summed E-state index contributed by atoms with van der Waals surface area (Å²) >= 11 is 0. The first-order valence-electron chi connectivity index (χ1n) is 9.72. The maximum absolute atomic E-state index is 12.3. The van der Waals surface area contributed by atoms with Crippen LogP contribution in [0.2, 0.25) is 0 Å². The average molecular weight is 391 g/mol. The lowest BCUT2D eigenvalue weighted by Crippen LogP contribution is -2.39. The van der Waals surface area contributed by atoms with E-state index in [2.05, 4.69) is 32.4 Å². The zero-order valence-corrected chi connectivity index (χ0v) is 16.9. The first-order chi connectivity index (χ1) is 13.9. The van der Waals surface area contributed by atoms with Gasteiger partial charge in [-0.05, 0) is 51.0 Å². The Balaban J connectivity index is 1.53. The molecule has 1 aliphatic heterocycles. The molecule has 150 valence electrons. The molecule has 0 spiro atoms. The number of aromatic nitrogens is 3. The van der Waals surface area contributed by atoms with Crippen LogP contribution in [0.5, 0.6) is 0 Å². The smallest absolute Gasteiger partial charge is 0.410 e. The number of ether oxygens (including phenoxy) is 1. The van der Waals surface area contributed by atoms with E-state index in [0.29, 0.717) is 13.1 Å². The number of aromatic amines is 1. The number of nitrogens with one attached hydrogen (secondary N) is 2. The molecule has 4 rings (SSSR count). The largest absolute Gasteiger partial charge is 0.444 e. The molecule has 1 aromatic carbocycles. The van der Waals surface area contributed by atoms with Gasteiger partial charge in [-0.2, -0.15) is 0 Å². The average Bonchev–Trinajstić information content (AvgIpc) is 3.13. The van der Waals surface area contributed by atoms with Crippen LogP contribution in [0.4, 0.5) is 16.3 Å². The molecular formula is C22H25N5O2. The zero-order valence-electron chi connectivity index (χ0n) is 16.9. The highest BCUT2D eigenvalue weighted by Gasteiger charge is 2.24. The number of H-pyrrole nitrogens is 1. The Morgan fingerprint density at radius 2 is 2.00 bits per heavy atom. The van der Waals surface area contributed by atoms with Gasteiger partial charge < -0.3 is 19.9 Å². The van der Waals surface area contributed by atoms with Crippen LogP contribution < -0.4 is 5.32 Å². The van der Waals surface area contributed by atoms with Crippen molar-refractivity contribution in [3.05, 3.63) is 54.5 Å². The number of hydrogen-bond acceptors (Lipinski definition) is 5. The van der Waals surface area contributed by atoms with E-state index in [0.717, 1.165) is 40.2 Å². The third-order valence-corrected chi connectivity index (χ3v) is 4.67. The summed E-state index contributed by atoms with van der Waals surface area (Å²) in [6.07, 6.45) is 4.09. The Hall–Kier alpha value is -3.35. The van der Waals surface area contributed by atoms with E-state index in [9.17, 15) is 4.79 Å². The van der Waals surface area contributed by atoms with Gasteiger partial charge in [-0.15, -0.1) is 0 Å². The van der Waals surface area contributed by atoms with E-state index in [-0.39, 0.29) is 6.09 Å². The molecule has 0 atom stereocenters. The Morgan fingerprint density at radius 3 is 2.69 bits per heavy atom. The molecule has 3 aromatic rings. The normalized spacial score (nSPS) is 14.6. The van der Waals surface area contributed by atoms with Crippen LogP contribution >= 0.6 is 0 Å². The molecule has 0 saturated heterocycles. The van der Waals surface area contributed by atoms with Gasteiger partial charge in [0.25, 0.3) is 0 Å². The SMILES string of the molecule is CC(C)(C)OC(=O)N1CC=C(c2cc3c(Nc4ccccc4)ncnc3[nH]2)CC1. The van der Waals surface area contributed by atoms with Crippen molar-refractivity contribution in [2.24, 2.45) is 0 Å². The van der Waals surface area contributed by atoms with E-state index in [1.807, 2.05) is 51.1 Å². The molecule has 2 N–H and O–H groups in total. The number of hydrogen-bond donors (Lipinski definition) is 2. The lowest BCUT2D eigenvalue weighted by Gasteiger charge is -2.29. The highest BCUT2D eigenvalue weighted by Crippen LogP contribution is 2.29. The lowest BCUT2D eigenvalue weighted by molar-refractivity contribution is 0.0270. The number of carbonyl (C=O) groups excluding carboxylic acids is 1. The van der Waals surface area contributed by atoms with Gasteiger partial charge in [0.15, 0.2) is 0 Å². The molecule has 29 heavy (non-hydrogen) atoms. The van der Waals surface area contributed by atoms with Crippen molar-refractivity contribution in [1.82, 2.24) is 19.9 Å². The fraction of sp³-hybridized carbons (Fsp3) is 0.318. The van der Waals surface area contributed by atoms with Crippen LogP contribution in [-0.4, -0.2) is 44.6 Å². The minimum absolute atomic E-state index is 0.273. The standard InChI is InChI=1S/C22H25N5O2/c1-22(2,3)29-21(28)27-11-9-15(10-12-27)18-13-17-19(23-14-24-20(17)26-18)25-16-7-5-4-6-8-16/h4-9,13-14H,10-12H2,1-3H3,(H2,23,24,25,26). The molecule has 0 aliphatic carbocycles. The molecule has 2 aromatic heterocycles. The van der Waals surface area contributed by atoms with Crippen molar-refractivity contribution in [2.45, 2.75) is 32.8 Å². The number of rotatable bonds is 3. The van der Waals surface area contributed by atoms with Crippen LogP contribution in [0, 0.1) is 0 Å². The summed E-state index contributed by atoms with van der Waals surface area (Å²) in [5.74, 6) is 0.760. The van der Waals surface area contributed by atoms with E-state index in [1.54, 1.807) is 11.2 Å². The fourth-order valence-corrected chi connectivity index (χ4v) is 3.28. The lowest BCUT2D eigenvalue weighted by atomic mass is 10.1. The third-order valence-electron chi connectivity index (χ3n) is 4.67. The number of carbonyl (C=O) groups is 1. The number of amides is 1. The Labute approximate surface area is 169 Å². The van der Waals surface area contributed by atoms with Gasteiger partial charge in [-0.3, -0.25) is 0 Å². The minimum atomic E-state index is -0.487. The van der Waals surface area contributed by atoms with Gasteiger partial charge in [0.2, 0.25) is 0 Å². The molecular weight excluding hydrogens is 366 g/mol. The Kier molecular flexibility index (Phi) is 4.96. The molecule has 1 amide bonds. The van der Waals surface area contributed by atoms with Gasteiger partial charge in [-0.25, -0.2) is 14.8 Å². The molecule has 7 nitrogen and oxygen atoms in total. The van der Waals surface area contributed by atoms with Crippen LogP contribution in [0.25, 0.3) is 16.6 Å². The maximum Gasteiger partial charge on any atom is 0.410 e. The van der Waals surface area contributed by atoms with Crippen molar-refractivity contribution >= 4 is 34.2 Å². The second-order valence-electron chi connectivity index (χ2n) is 8.06. The molecule has 7 heteroatoms. The summed E-state index contributed by atoms with van der Waals surface area (Å²) < 4.78 is 5.46. The highest BCUT2D eigenvalue weighted by molar-refractivity contribution is 5.92.